The molecule has 1 N–H and O–H groups in total. The van der Waals surface area contributed by atoms with Crippen LogP contribution < -0.4 is 5.32 Å². The van der Waals surface area contributed by atoms with E-state index in [0.29, 0.717) is 12.1 Å². The lowest BCUT2D eigenvalue weighted by molar-refractivity contribution is 0.171. The molecule has 2 rings (SSSR count). The van der Waals surface area contributed by atoms with Gasteiger partial charge in [-0.15, -0.1) is 10.2 Å². The van der Waals surface area contributed by atoms with Gasteiger partial charge in [-0.3, -0.25) is 0 Å². The van der Waals surface area contributed by atoms with E-state index < -0.39 is 0 Å². The molecule has 1 fully saturated rings. The van der Waals surface area contributed by atoms with E-state index >= 15 is 0 Å². The average Bonchev–Trinajstić information content (AvgIpc) is 2.94. The van der Waals surface area contributed by atoms with Crippen molar-refractivity contribution < 1.29 is 4.79 Å². The van der Waals surface area contributed by atoms with Gasteiger partial charge in [0.05, 0.1) is 6.04 Å². The highest BCUT2D eigenvalue weighted by atomic mass is 16.2. The van der Waals surface area contributed by atoms with Crippen molar-refractivity contribution in [2.24, 2.45) is 7.05 Å². The van der Waals surface area contributed by atoms with Crippen LogP contribution in [0.25, 0.3) is 0 Å². The van der Waals surface area contributed by atoms with E-state index in [0.717, 1.165) is 25.1 Å². The zero-order valence-corrected chi connectivity index (χ0v) is 12.1. The van der Waals surface area contributed by atoms with Crippen molar-refractivity contribution in [2.75, 3.05) is 0 Å². The number of aryl methyl sites for hydroxylation is 1. The first kappa shape index (κ1) is 13.8. The lowest BCUT2D eigenvalue weighted by atomic mass is 10.2. The van der Waals surface area contributed by atoms with Crippen LogP contribution in [0.15, 0.2) is 6.33 Å². The molecule has 1 aliphatic heterocycles. The molecule has 0 radical (unpaired) electrons. The summed E-state index contributed by atoms with van der Waals surface area (Å²) in [5.41, 5.74) is 0. The number of hydrogen-bond donors (Lipinski definition) is 1. The molecule has 1 aromatic heterocycles. The Morgan fingerprint density at radius 3 is 2.89 bits per heavy atom. The number of urea groups is 1. The van der Waals surface area contributed by atoms with Crippen LogP contribution in [0.5, 0.6) is 0 Å². The van der Waals surface area contributed by atoms with E-state index in [1.807, 2.05) is 23.4 Å². The van der Waals surface area contributed by atoms with E-state index in [9.17, 15) is 4.79 Å². The fourth-order valence-electron chi connectivity index (χ4n) is 2.85. The van der Waals surface area contributed by atoms with E-state index in [1.54, 1.807) is 6.33 Å². The number of hydrogen-bond acceptors (Lipinski definition) is 3. The molecule has 0 unspecified atom stereocenters. The second-order valence-electron chi connectivity index (χ2n) is 5.37. The maximum absolute atomic E-state index is 12.4. The molecule has 6 heteroatoms. The molecule has 0 spiro atoms. The van der Waals surface area contributed by atoms with Gasteiger partial charge >= 0.3 is 6.03 Å². The highest BCUT2D eigenvalue weighted by molar-refractivity contribution is 5.75. The van der Waals surface area contributed by atoms with Crippen molar-refractivity contribution >= 4 is 6.03 Å². The molecule has 106 valence electrons. The number of nitrogens with one attached hydrogen (secondary N) is 1. The first-order chi connectivity index (χ1) is 9.04. The summed E-state index contributed by atoms with van der Waals surface area (Å²) < 4.78 is 1.83. The van der Waals surface area contributed by atoms with Gasteiger partial charge < -0.3 is 14.8 Å². The number of carbonyl (C=O) groups is 1. The Kier molecular flexibility index (Phi) is 4.07. The van der Waals surface area contributed by atoms with Crippen LogP contribution in [-0.4, -0.2) is 37.8 Å². The molecular weight excluding hydrogens is 242 g/mol. The third-order valence-corrected chi connectivity index (χ3v) is 3.97. The van der Waals surface area contributed by atoms with Crippen LogP contribution >= 0.6 is 0 Å². The summed E-state index contributed by atoms with van der Waals surface area (Å²) in [4.78, 5) is 14.4. The van der Waals surface area contributed by atoms with Crippen LogP contribution in [0.4, 0.5) is 4.79 Å². The lowest BCUT2D eigenvalue weighted by Crippen LogP contribution is -2.46. The molecule has 0 aromatic carbocycles. The van der Waals surface area contributed by atoms with Gasteiger partial charge in [0.2, 0.25) is 0 Å². The van der Waals surface area contributed by atoms with Crippen LogP contribution in [0.2, 0.25) is 0 Å². The summed E-state index contributed by atoms with van der Waals surface area (Å²) in [6.45, 7) is 6.18. The monoisotopic (exact) mass is 265 g/mol. The topological polar surface area (TPSA) is 63.1 Å². The molecule has 0 saturated carbocycles. The second-order valence-corrected chi connectivity index (χ2v) is 5.37. The minimum atomic E-state index is -0.134. The summed E-state index contributed by atoms with van der Waals surface area (Å²) in [6.07, 6.45) is 4.84. The molecule has 1 aromatic rings. The average molecular weight is 265 g/mol. The van der Waals surface area contributed by atoms with Gasteiger partial charge in [-0.25, -0.2) is 4.79 Å². The summed E-state index contributed by atoms with van der Waals surface area (Å²) in [7, 11) is 1.88. The minimum Gasteiger partial charge on any atom is -0.328 e. The fourth-order valence-corrected chi connectivity index (χ4v) is 2.85. The Bertz CT molecular complexity index is 444. The molecule has 0 bridgehead atoms. The molecule has 0 aliphatic carbocycles. The molecule has 2 heterocycles. The molecule has 6 nitrogen and oxygen atoms in total. The van der Waals surface area contributed by atoms with Crippen LogP contribution in [0, 0.1) is 0 Å². The smallest absolute Gasteiger partial charge is 0.318 e. The largest absolute Gasteiger partial charge is 0.328 e. The standard InChI is InChI=1S/C13H23N5O/c1-5-11-7-6-9(2)18(11)13(19)15-10(3)12-16-14-8-17(12)4/h8-11H,5-7H2,1-4H3,(H,15,19)/t9-,10+,11-/m1/s1. The predicted molar refractivity (Wildman–Crippen MR) is 72.6 cm³/mol. The quantitative estimate of drug-likeness (QED) is 0.907. The van der Waals surface area contributed by atoms with Crippen molar-refractivity contribution in [1.29, 1.82) is 0 Å². The van der Waals surface area contributed by atoms with Crippen molar-refractivity contribution in [3.63, 3.8) is 0 Å². The molecule has 2 amide bonds. The summed E-state index contributed by atoms with van der Waals surface area (Å²) in [6, 6.07) is 0.552. The fraction of sp³-hybridized carbons (Fsp3) is 0.769. The summed E-state index contributed by atoms with van der Waals surface area (Å²) >= 11 is 0. The number of carbonyl (C=O) groups excluding carboxylic acids is 1. The van der Waals surface area contributed by atoms with Crippen LogP contribution in [-0.2, 0) is 7.05 Å². The number of rotatable bonds is 3. The first-order valence-electron chi connectivity index (χ1n) is 6.97. The maximum atomic E-state index is 12.4. The van der Waals surface area contributed by atoms with E-state index in [-0.39, 0.29) is 12.1 Å². The Balaban J connectivity index is 2.02. The van der Waals surface area contributed by atoms with Crippen molar-refractivity contribution in [3.8, 4) is 0 Å². The summed E-state index contributed by atoms with van der Waals surface area (Å²) in [5, 5.41) is 10.9. The minimum absolute atomic E-state index is 0.00681. The van der Waals surface area contributed by atoms with Gasteiger partial charge in [0.15, 0.2) is 5.82 Å². The van der Waals surface area contributed by atoms with Crippen LogP contribution in [0.1, 0.15) is 51.9 Å². The highest BCUT2D eigenvalue weighted by Gasteiger charge is 2.33. The Labute approximate surface area is 114 Å². The first-order valence-corrected chi connectivity index (χ1v) is 6.97. The van der Waals surface area contributed by atoms with E-state index in [1.165, 1.54) is 0 Å². The Hall–Kier alpha value is -1.59. The van der Waals surface area contributed by atoms with Gasteiger partial charge in [0.1, 0.15) is 6.33 Å². The molecule has 1 saturated heterocycles. The van der Waals surface area contributed by atoms with Gasteiger partial charge in [-0.1, -0.05) is 6.92 Å². The number of amides is 2. The lowest BCUT2D eigenvalue weighted by Gasteiger charge is -2.29. The second kappa shape index (κ2) is 5.59. The Morgan fingerprint density at radius 2 is 2.32 bits per heavy atom. The maximum Gasteiger partial charge on any atom is 0.318 e. The van der Waals surface area contributed by atoms with E-state index in [4.69, 9.17) is 0 Å². The molecule has 19 heavy (non-hydrogen) atoms. The zero-order valence-electron chi connectivity index (χ0n) is 12.1. The van der Waals surface area contributed by atoms with Gasteiger partial charge in [0.25, 0.3) is 0 Å². The van der Waals surface area contributed by atoms with Gasteiger partial charge in [-0.2, -0.15) is 0 Å². The molecule has 3 atom stereocenters. The third kappa shape index (κ3) is 2.72. The van der Waals surface area contributed by atoms with Gasteiger partial charge in [0, 0.05) is 19.1 Å². The normalized spacial score (nSPS) is 24.5. The number of aromatic nitrogens is 3. The predicted octanol–water partition coefficient (Wildman–Crippen LogP) is 1.85. The molecule has 1 aliphatic rings. The van der Waals surface area contributed by atoms with E-state index in [2.05, 4.69) is 29.4 Å². The van der Waals surface area contributed by atoms with Gasteiger partial charge in [-0.05, 0) is 33.1 Å². The molecular formula is C13H23N5O. The summed E-state index contributed by atoms with van der Waals surface area (Å²) in [5.74, 6) is 0.772. The van der Waals surface area contributed by atoms with Crippen molar-refractivity contribution in [3.05, 3.63) is 12.2 Å². The highest BCUT2D eigenvalue weighted by Crippen LogP contribution is 2.26. The number of likely N-dealkylation sites (tertiary alicyclic amines) is 1. The van der Waals surface area contributed by atoms with Crippen LogP contribution in [0.3, 0.4) is 0 Å². The third-order valence-electron chi connectivity index (χ3n) is 3.97. The van der Waals surface area contributed by atoms with Crippen molar-refractivity contribution in [1.82, 2.24) is 25.0 Å². The zero-order chi connectivity index (χ0) is 14.0. The van der Waals surface area contributed by atoms with Crippen molar-refractivity contribution in [2.45, 2.75) is 58.2 Å². The number of nitrogens with zero attached hydrogens (tertiary/aromatic N) is 4. The SMILES string of the molecule is CC[C@@H]1CC[C@@H](C)N1C(=O)N[C@@H](C)c1nncn1C. The Morgan fingerprint density at radius 1 is 1.58 bits per heavy atom.